The van der Waals surface area contributed by atoms with Gasteiger partial charge in [0.05, 0.1) is 23.1 Å². The molecule has 0 spiro atoms. The zero-order chi connectivity index (χ0) is 31.0. The molecule has 0 bridgehead atoms. The van der Waals surface area contributed by atoms with E-state index in [4.69, 9.17) is 0 Å². The fraction of sp³-hybridized carbons (Fsp3) is 0.310. The maximum Gasteiger partial charge on any atom is 0.417 e. The monoisotopic (exact) mass is 619 g/mol. The largest absolute Gasteiger partial charge is 0.417 e. The lowest BCUT2D eigenvalue weighted by Gasteiger charge is -2.29. The van der Waals surface area contributed by atoms with Crippen molar-refractivity contribution in [2.24, 2.45) is 7.05 Å². The molecule has 0 saturated heterocycles. The van der Waals surface area contributed by atoms with Crippen molar-refractivity contribution < 1.29 is 35.2 Å². The number of hydrogen-bond acceptors (Lipinski definition) is 6. The molecule has 14 heteroatoms. The van der Waals surface area contributed by atoms with Crippen LogP contribution in [-0.4, -0.2) is 43.7 Å². The number of alkyl halides is 4. The quantitative estimate of drug-likeness (QED) is 0.175. The molecule has 226 valence electrons. The summed E-state index contributed by atoms with van der Waals surface area (Å²) in [5, 5.41) is 5.46. The second kappa shape index (κ2) is 11.5. The minimum atomic E-state index is -4.57. The summed E-state index contributed by atoms with van der Waals surface area (Å²) < 4.78 is 96.8. The van der Waals surface area contributed by atoms with E-state index in [1.807, 2.05) is 0 Å². The van der Waals surface area contributed by atoms with Crippen LogP contribution in [0.15, 0.2) is 71.7 Å². The Labute approximate surface area is 243 Å². The summed E-state index contributed by atoms with van der Waals surface area (Å²) in [4.78, 5) is 16.4. The normalized spacial score (nSPS) is 17.7. The van der Waals surface area contributed by atoms with Crippen LogP contribution in [0.3, 0.4) is 0 Å². The van der Waals surface area contributed by atoms with Gasteiger partial charge in [0.15, 0.2) is 10.8 Å². The summed E-state index contributed by atoms with van der Waals surface area (Å²) in [6, 6.07) is 8.63. The number of halogens is 5. The van der Waals surface area contributed by atoms with Gasteiger partial charge in [-0.3, -0.25) is 14.5 Å². The minimum absolute atomic E-state index is 0.0838. The lowest BCUT2D eigenvalue weighted by Crippen LogP contribution is -2.36. The number of nitrogens with zero attached hydrogens (tertiary/aromatic N) is 5. The number of allylic oxidation sites excluding steroid dienone is 1. The van der Waals surface area contributed by atoms with Crippen LogP contribution in [0, 0.1) is 5.82 Å². The average Bonchev–Trinajstić information content (AvgIpc) is 3.59. The Morgan fingerprint density at radius 3 is 2.33 bits per heavy atom. The highest BCUT2D eigenvalue weighted by molar-refractivity contribution is 7.92. The molecule has 0 N–H and O–H groups in total. The molecular weight excluding hydrogens is 593 g/mol. The second-order valence-electron chi connectivity index (χ2n) is 10.3. The van der Waals surface area contributed by atoms with E-state index in [0.717, 1.165) is 17.7 Å². The van der Waals surface area contributed by atoms with Crippen molar-refractivity contribution in [1.29, 1.82) is 0 Å². The third kappa shape index (κ3) is 6.28. The molecule has 1 aliphatic rings. The first-order chi connectivity index (χ1) is 20.3. The molecule has 0 atom stereocenters. The fourth-order valence-corrected chi connectivity index (χ4v) is 6.50. The van der Waals surface area contributed by atoms with Gasteiger partial charge in [-0.25, -0.2) is 21.9 Å². The first kappa shape index (κ1) is 30.3. The predicted octanol–water partition coefficient (Wildman–Crippen LogP) is 6.07. The molecule has 43 heavy (non-hydrogen) atoms. The van der Waals surface area contributed by atoms with Crippen LogP contribution in [0.1, 0.15) is 59.4 Å². The Balaban J connectivity index is 1.38. The minimum Gasteiger partial charge on any atom is -0.292 e. The lowest BCUT2D eigenvalue weighted by molar-refractivity contribution is -0.137. The van der Waals surface area contributed by atoms with Crippen molar-refractivity contribution in [1.82, 2.24) is 24.5 Å². The number of Topliss-reactive ketones (excluding diaryl/α,β-unsaturated/α-hetero) is 1. The number of ketones is 1. The Hall–Kier alpha value is -4.20. The van der Waals surface area contributed by atoms with E-state index in [-0.39, 0.29) is 49.2 Å². The molecule has 4 aromatic rings. The maximum atomic E-state index is 15.8. The highest BCUT2D eigenvalue weighted by atomic mass is 32.2. The first-order valence-electron chi connectivity index (χ1n) is 13.3. The van der Waals surface area contributed by atoms with E-state index in [0.29, 0.717) is 23.1 Å². The summed E-state index contributed by atoms with van der Waals surface area (Å²) in [6.07, 6.45) is 0.523. The Kier molecular flexibility index (Phi) is 8.07. The van der Waals surface area contributed by atoms with Gasteiger partial charge in [0.1, 0.15) is 11.5 Å². The zero-order valence-corrected chi connectivity index (χ0v) is 23.7. The average molecular weight is 620 g/mol. The third-order valence-corrected chi connectivity index (χ3v) is 9.52. The number of rotatable bonds is 8. The van der Waals surface area contributed by atoms with Crippen LogP contribution in [0.5, 0.6) is 0 Å². The summed E-state index contributed by atoms with van der Waals surface area (Å²) in [6.45, 7) is 0. The molecule has 0 amide bonds. The van der Waals surface area contributed by atoms with E-state index < -0.39 is 38.2 Å². The zero-order valence-electron chi connectivity index (χ0n) is 22.9. The Morgan fingerprint density at radius 2 is 1.74 bits per heavy atom. The number of pyridine rings is 1. The van der Waals surface area contributed by atoms with Crippen molar-refractivity contribution in [3.05, 3.63) is 95.0 Å². The number of sulfone groups is 1. The Bertz CT molecular complexity index is 1770. The van der Waals surface area contributed by atoms with Gasteiger partial charge in [-0.1, -0.05) is 5.57 Å². The standard InChI is InChI=1S/C29H26F5N5O3S/c1-38-15-12-27(37-38)43(41,42)28(31)13-10-19(11-14-28)16-25-20(17-36-39(25)23-6-4-22(30)5-7-23)2-9-26(40)24-8-3-21(18-35-24)29(32,33)34/h3-8,12,15-18H,2,9-11,13-14H2,1H3. The molecule has 3 heterocycles. The maximum absolute atomic E-state index is 15.8. The summed E-state index contributed by atoms with van der Waals surface area (Å²) >= 11 is 0. The summed E-state index contributed by atoms with van der Waals surface area (Å²) in [7, 11) is -2.79. The van der Waals surface area contributed by atoms with Crippen molar-refractivity contribution in [3.8, 4) is 5.69 Å². The van der Waals surface area contributed by atoms with Gasteiger partial charge in [-0.2, -0.15) is 23.4 Å². The van der Waals surface area contributed by atoms with Gasteiger partial charge >= 0.3 is 6.18 Å². The van der Waals surface area contributed by atoms with Gasteiger partial charge < -0.3 is 0 Å². The van der Waals surface area contributed by atoms with Crippen molar-refractivity contribution in [2.45, 2.75) is 54.7 Å². The highest BCUT2D eigenvalue weighted by Gasteiger charge is 2.48. The van der Waals surface area contributed by atoms with Crippen LogP contribution in [0.2, 0.25) is 0 Å². The molecule has 0 unspecified atom stereocenters. The second-order valence-corrected chi connectivity index (χ2v) is 12.5. The van der Waals surface area contributed by atoms with Gasteiger partial charge in [0.25, 0.3) is 0 Å². The highest BCUT2D eigenvalue weighted by Crippen LogP contribution is 2.42. The van der Waals surface area contributed by atoms with Crippen molar-refractivity contribution in [3.63, 3.8) is 0 Å². The molecule has 0 aliphatic heterocycles. The number of hydrogen-bond donors (Lipinski definition) is 0. The van der Waals surface area contributed by atoms with Crippen LogP contribution in [0.25, 0.3) is 11.8 Å². The van der Waals surface area contributed by atoms with E-state index in [2.05, 4.69) is 15.2 Å². The van der Waals surface area contributed by atoms with E-state index in [1.54, 1.807) is 13.1 Å². The van der Waals surface area contributed by atoms with Gasteiger partial charge in [-0.15, -0.1) is 0 Å². The number of aryl methyl sites for hydroxylation is 2. The molecule has 1 saturated carbocycles. The smallest absolute Gasteiger partial charge is 0.292 e. The van der Waals surface area contributed by atoms with E-state index in [9.17, 15) is 30.8 Å². The third-order valence-electron chi connectivity index (χ3n) is 7.38. The SMILES string of the molecule is Cn1ccc(S(=O)(=O)C2(F)CCC(=Cc3c(CCC(=O)c4ccc(C(F)(F)F)cn4)cnn3-c3ccc(F)cc3)CC2)n1. The van der Waals surface area contributed by atoms with Crippen LogP contribution >= 0.6 is 0 Å². The van der Waals surface area contributed by atoms with Gasteiger partial charge in [0, 0.05) is 38.7 Å². The van der Waals surface area contributed by atoms with Gasteiger partial charge in [0.2, 0.25) is 14.8 Å². The number of aromatic nitrogens is 5. The summed E-state index contributed by atoms with van der Waals surface area (Å²) in [5.74, 6) is -0.923. The molecule has 3 aromatic heterocycles. The number of carbonyl (C=O) groups excluding carboxylic acids is 1. The lowest BCUT2D eigenvalue weighted by atomic mass is 9.91. The molecule has 1 fully saturated rings. The number of benzene rings is 1. The topological polar surface area (TPSA) is 99.7 Å². The molecular formula is C29H26F5N5O3S. The van der Waals surface area contributed by atoms with E-state index in [1.165, 1.54) is 52.1 Å². The molecule has 1 aromatic carbocycles. The predicted molar refractivity (Wildman–Crippen MR) is 146 cm³/mol. The van der Waals surface area contributed by atoms with Crippen molar-refractivity contribution >= 4 is 21.7 Å². The fourth-order valence-electron chi connectivity index (χ4n) is 4.90. The Morgan fingerprint density at radius 1 is 1.05 bits per heavy atom. The molecule has 0 radical (unpaired) electrons. The van der Waals surface area contributed by atoms with Crippen LogP contribution < -0.4 is 0 Å². The summed E-state index contributed by atoms with van der Waals surface area (Å²) in [5.41, 5.74) is 1.34. The molecule has 5 rings (SSSR count). The van der Waals surface area contributed by atoms with Crippen molar-refractivity contribution in [2.75, 3.05) is 0 Å². The van der Waals surface area contributed by atoms with Gasteiger partial charge in [-0.05, 0) is 73.4 Å². The number of carbonyl (C=O) groups is 1. The molecule has 8 nitrogen and oxygen atoms in total. The van der Waals surface area contributed by atoms with E-state index >= 15 is 4.39 Å². The molecule has 1 aliphatic carbocycles. The van der Waals surface area contributed by atoms with Crippen LogP contribution in [0.4, 0.5) is 22.0 Å². The first-order valence-corrected chi connectivity index (χ1v) is 14.8. The van der Waals surface area contributed by atoms with Crippen LogP contribution in [-0.2, 0) is 29.5 Å².